The number of ether oxygens (including phenoxy) is 1. The van der Waals surface area contributed by atoms with E-state index in [2.05, 4.69) is 12.2 Å². The summed E-state index contributed by atoms with van der Waals surface area (Å²) in [6, 6.07) is -0.180. The summed E-state index contributed by atoms with van der Waals surface area (Å²) >= 11 is 0. The molecule has 0 aliphatic heterocycles. The van der Waals surface area contributed by atoms with Crippen molar-refractivity contribution >= 4 is 5.97 Å². The van der Waals surface area contributed by atoms with Crippen LogP contribution in [-0.2, 0) is 9.53 Å². The maximum absolute atomic E-state index is 10.9. The zero-order chi connectivity index (χ0) is 11.7. The van der Waals surface area contributed by atoms with Crippen molar-refractivity contribution in [3.8, 4) is 0 Å². The molecule has 0 aliphatic carbocycles. The number of carbonyl (C=O) groups is 1. The fourth-order valence-electron chi connectivity index (χ4n) is 1.57. The Morgan fingerprint density at radius 3 is 2.60 bits per heavy atom. The summed E-state index contributed by atoms with van der Waals surface area (Å²) in [5, 5.41) is 12.1. The lowest BCUT2D eigenvalue weighted by Gasteiger charge is -2.19. The molecule has 0 rings (SSSR count). The third kappa shape index (κ3) is 7.33. The van der Waals surface area contributed by atoms with Gasteiger partial charge in [0.2, 0.25) is 0 Å². The van der Waals surface area contributed by atoms with Crippen LogP contribution < -0.4 is 5.32 Å². The van der Waals surface area contributed by atoms with Crippen molar-refractivity contribution < 1.29 is 14.6 Å². The Hall–Kier alpha value is -0.610. The lowest BCUT2D eigenvalue weighted by atomic mass is 10.1. The van der Waals surface area contributed by atoms with Gasteiger partial charge in [0.15, 0.2) is 0 Å². The number of hydrogen-bond acceptors (Lipinski definition) is 3. The van der Waals surface area contributed by atoms with E-state index in [1.165, 1.54) is 0 Å². The Morgan fingerprint density at radius 2 is 2.13 bits per heavy atom. The van der Waals surface area contributed by atoms with Crippen LogP contribution in [0.5, 0.6) is 0 Å². The molecule has 0 spiro atoms. The molecule has 0 aromatic carbocycles. The molecule has 0 aliphatic rings. The monoisotopic (exact) mass is 217 g/mol. The van der Waals surface area contributed by atoms with E-state index in [-0.39, 0.29) is 6.04 Å². The van der Waals surface area contributed by atoms with Crippen LogP contribution in [0, 0.1) is 0 Å². The first-order chi connectivity index (χ1) is 7.11. The Kier molecular flexibility index (Phi) is 8.33. The molecule has 15 heavy (non-hydrogen) atoms. The molecule has 2 N–H and O–H groups in total. The van der Waals surface area contributed by atoms with Crippen LogP contribution in [0.3, 0.4) is 0 Å². The number of carboxylic acid groups (broad SMARTS) is 1. The molecule has 0 aromatic heterocycles. The minimum atomic E-state index is -0.769. The predicted octanol–water partition coefficient (Wildman–Crippen LogP) is 1.64. The molecule has 0 saturated carbocycles. The lowest BCUT2D eigenvalue weighted by molar-refractivity contribution is -0.140. The van der Waals surface area contributed by atoms with E-state index in [1.54, 1.807) is 7.11 Å². The Labute approximate surface area is 92.0 Å². The fourth-order valence-corrected chi connectivity index (χ4v) is 1.57. The summed E-state index contributed by atoms with van der Waals surface area (Å²) < 4.78 is 4.90. The predicted molar refractivity (Wildman–Crippen MR) is 60.0 cm³/mol. The van der Waals surface area contributed by atoms with Gasteiger partial charge in [-0.05, 0) is 26.2 Å². The van der Waals surface area contributed by atoms with E-state index >= 15 is 0 Å². The molecular formula is C11H23NO3. The first kappa shape index (κ1) is 14.4. The van der Waals surface area contributed by atoms with Crippen molar-refractivity contribution in [3.05, 3.63) is 0 Å². The van der Waals surface area contributed by atoms with Crippen LogP contribution in [-0.4, -0.2) is 36.9 Å². The zero-order valence-electron chi connectivity index (χ0n) is 9.95. The van der Waals surface area contributed by atoms with Crippen LogP contribution in [0.15, 0.2) is 0 Å². The van der Waals surface area contributed by atoms with E-state index in [1.807, 2.05) is 6.92 Å². The van der Waals surface area contributed by atoms with Crippen molar-refractivity contribution in [2.24, 2.45) is 0 Å². The second kappa shape index (κ2) is 8.68. The molecular weight excluding hydrogens is 194 g/mol. The van der Waals surface area contributed by atoms with Crippen LogP contribution in [0.4, 0.5) is 0 Å². The highest BCUT2D eigenvalue weighted by Gasteiger charge is 2.18. The Bertz CT molecular complexity index is 173. The number of rotatable bonds is 9. The molecule has 0 bridgehead atoms. The van der Waals surface area contributed by atoms with Crippen molar-refractivity contribution in [1.82, 2.24) is 5.32 Å². The van der Waals surface area contributed by atoms with Crippen LogP contribution in [0.25, 0.3) is 0 Å². The highest BCUT2D eigenvalue weighted by atomic mass is 16.5. The van der Waals surface area contributed by atoms with Crippen LogP contribution in [0.2, 0.25) is 0 Å². The van der Waals surface area contributed by atoms with Crippen LogP contribution in [0.1, 0.15) is 39.5 Å². The molecule has 4 heteroatoms. The van der Waals surface area contributed by atoms with Gasteiger partial charge in [0.25, 0.3) is 0 Å². The van der Waals surface area contributed by atoms with Gasteiger partial charge >= 0.3 is 5.97 Å². The summed E-state index contributed by atoms with van der Waals surface area (Å²) in [6.07, 6.45) is 3.48. The molecule has 90 valence electrons. The van der Waals surface area contributed by atoms with Crippen molar-refractivity contribution in [2.45, 2.75) is 51.6 Å². The quantitative estimate of drug-likeness (QED) is 0.576. The molecule has 2 atom stereocenters. The van der Waals surface area contributed by atoms with Gasteiger partial charge in [0, 0.05) is 19.8 Å². The minimum Gasteiger partial charge on any atom is -0.480 e. The standard InChI is InChI=1S/C11H23NO3/c1-4-6-9(2)12-10(11(13)14)7-5-8-15-3/h9-10,12H,4-8H2,1-3H3,(H,13,14). The number of carboxylic acids is 1. The van der Waals surface area contributed by atoms with Gasteiger partial charge in [0.05, 0.1) is 0 Å². The van der Waals surface area contributed by atoms with Crippen molar-refractivity contribution in [3.63, 3.8) is 0 Å². The molecule has 4 nitrogen and oxygen atoms in total. The Morgan fingerprint density at radius 1 is 1.47 bits per heavy atom. The molecule has 0 fully saturated rings. The van der Waals surface area contributed by atoms with E-state index in [4.69, 9.17) is 9.84 Å². The summed E-state index contributed by atoms with van der Waals surface area (Å²) in [5.41, 5.74) is 0. The van der Waals surface area contributed by atoms with Gasteiger partial charge in [0.1, 0.15) is 6.04 Å². The highest BCUT2D eigenvalue weighted by molar-refractivity contribution is 5.73. The van der Waals surface area contributed by atoms with Gasteiger partial charge < -0.3 is 15.2 Å². The normalized spacial score (nSPS) is 14.9. The average molecular weight is 217 g/mol. The second-order valence-corrected chi connectivity index (χ2v) is 3.88. The summed E-state index contributed by atoms with van der Waals surface area (Å²) in [5.74, 6) is -0.769. The van der Waals surface area contributed by atoms with E-state index < -0.39 is 12.0 Å². The fraction of sp³-hybridized carbons (Fsp3) is 0.909. The zero-order valence-corrected chi connectivity index (χ0v) is 9.95. The number of methoxy groups -OCH3 is 1. The largest absolute Gasteiger partial charge is 0.480 e. The maximum atomic E-state index is 10.9. The number of nitrogens with one attached hydrogen (secondary N) is 1. The molecule has 0 aromatic rings. The van der Waals surface area contributed by atoms with Gasteiger partial charge in [-0.25, -0.2) is 0 Å². The van der Waals surface area contributed by atoms with Crippen LogP contribution >= 0.6 is 0 Å². The van der Waals surface area contributed by atoms with Crippen molar-refractivity contribution in [1.29, 1.82) is 0 Å². The summed E-state index contributed by atoms with van der Waals surface area (Å²) in [6.45, 7) is 4.74. The average Bonchev–Trinajstić information content (AvgIpc) is 2.16. The Balaban J connectivity index is 3.87. The SMILES string of the molecule is CCCC(C)NC(CCCOC)C(=O)O. The lowest BCUT2D eigenvalue weighted by Crippen LogP contribution is -2.42. The summed E-state index contributed by atoms with van der Waals surface area (Å²) in [7, 11) is 1.63. The highest BCUT2D eigenvalue weighted by Crippen LogP contribution is 2.03. The van der Waals surface area contributed by atoms with Gasteiger partial charge in [-0.1, -0.05) is 13.3 Å². The second-order valence-electron chi connectivity index (χ2n) is 3.88. The third-order valence-corrected chi connectivity index (χ3v) is 2.35. The van der Waals surface area contributed by atoms with Gasteiger partial charge in [-0.15, -0.1) is 0 Å². The molecule has 0 heterocycles. The smallest absolute Gasteiger partial charge is 0.320 e. The van der Waals surface area contributed by atoms with Crippen molar-refractivity contribution in [2.75, 3.05) is 13.7 Å². The molecule has 0 amide bonds. The topological polar surface area (TPSA) is 58.6 Å². The maximum Gasteiger partial charge on any atom is 0.320 e. The van der Waals surface area contributed by atoms with Gasteiger partial charge in [-0.3, -0.25) is 4.79 Å². The molecule has 2 unspecified atom stereocenters. The summed E-state index contributed by atoms with van der Waals surface area (Å²) in [4.78, 5) is 10.9. The number of hydrogen-bond donors (Lipinski definition) is 2. The first-order valence-electron chi connectivity index (χ1n) is 5.59. The van der Waals surface area contributed by atoms with E-state index in [0.717, 1.165) is 19.3 Å². The van der Waals surface area contributed by atoms with Gasteiger partial charge in [-0.2, -0.15) is 0 Å². The van der Waals surface area contributed by atoms with E-state index in [0.29, 0.717) is 13.0 Å². The first-order valence-corrected chi connectivity index (χ1v) is 5.59. The molecule has 0 radical (unpaired) electrons. The third-order valence-electron chi connectivity index (χ3n) is 2.35. The van der Waals surface area contributed by atoms with E-state index in [9.17, 15) is 4.79 Å². The minimum absolute atomic E-state index is 0.263. The number of aliphatic carboxylic acids is 1. The molecule has 0 saturated heterocycles.